The number of hydrogen-bond donors (Lipinski definition) is 2. The van der Waals surface area contributed by atoms with E-state index < -0.39 is 12.0 Å². The quantitative estimate of drug-likeness (QED) is 0.868. The number of thioether (sulfide) groups is 1. The van der Waals surface area contributed by atoms with Gasteiger partial charge in [-0.15, -0.1) is 23.1 Å². The van der Waals surface area contributed by atoms with Gasteiger partial charge in [0.2, 0.25) is 0 Å². The average molecular weight is 361 g/mol. The van der Waals surface area contributed by atoms with Crippen molar-refractivity contribution in [2.75, 3.05) is 5.75 Å². The first kappa shape index (κ1) is 15.1. The number of carbonyl (C=O) groups is 1. The topological polar surface area (TPSA) is 62.2 Å². The molecule has 1 aliphatic heterocycles. The summed E-state index contributed by atoms with van der Waals surface area (Å²) < 4.78 is 0. The number of thiazole rings is 1. The zero-order chi connectivity index (χ0) is 15.0. The van der Waals surface area contributed by atoms with Crippen LogP contribution >= 0.6 is 46.3 Å². The maximum atomic E-state index is 11.0. The van der Waals surface area contributed by atoms with Gasteiger partial charge in [0.25, 0.3) is 0 Å². The number of benzene rings is 1. The number of halogens is 2. The molecule has 0 bridgehead atoms. The highest BCUT2D eigenvalue weighted by Gasteiger charge is 2.32. The van der Waals surface area contributed by atoms with Crippen LogP contribution in [0.15, 0.2) is 24.4 Å². The molecule has 2 atom stereocenters. The molecule has 2 unspecified atom stereocenters. The molecule has 0 spiro atoms. The maximum absolute atomic E-state index is 11.0. The minimum Gasteiger partial charge on any atom is -0.480 e. The lowest BCUT2D eigenvalue weighted by Gasteiger charge is -2.07. The summed E-state index contributed by atoms with van der Waals surface area (Å²) in [5, 5.41) is 14.0. The fourth-order valence-corrected chi connectivity index (χ4v) is 4.88. The van der Waals surface area contributed by atoms with E-state index in [-0.39, 0.29) is 5.37 Å². The van der Waals surface area contributed by atoms with Crippen molar-refractivity contribution in [2.45, 2.75) is 11.4 Å². The molecule has 1 aromatic carbocycles. The standard InChI is InChI=1S/C13H10Cl2N2O2S2/c14-6-1-2-7(8(15)3-6)10-4-16-11(21-10)12-17-9(5-20-12)13(18)19/h1-4,9,12,17H,5H2,(H,18,19). The van der Waals surface area contributed by atoms with Crippen LogP contribution in [0.25, 0.3) is 10.4 Å². The zero-order valence-electron chi connectivity index (χ0n) is 10.5. The minimum atomic E-state index is -0.831. The summed E-state index contributed by atoms with van der Waals surface area (Å²) in [4.78, 5) is 16.3. The van der Waals surface area contributed by atoms with E-state index in [1.165, 1.54) is 11.3 Å². The van der Waals surface area contributed by atoms with Crippen molar-refractivity contribution in [1.82, 2.24) is 10.3 Å². The van der Waals surface area contributed by atoms with Gasteiger partial charge in [-0.25, -0.2) is 4.98 Å². The Morgan fingerprint density at radius 2 is 2.24 bits per heavy atom. The molecule has 110 valence electrons. The first-order valence-electron chi connectivity index (χ1n) is 6.06. The maximum Gasteiger partial charge on any atom is 0.321 e. The van der Waals surface area contributed by atoms with Crippen molar-refractivity contribution in [3.63, 3.8) is 0 Å². The lowest BCUT2D eigenvalue weighted by molar-refractivity contribution is -0.138. The van der Waals surface area contributed by atoms with Crippen LogP contribution in [0.1, 0.15) is 10.4 Å². The summed E-state index contributed by atoms with van der Waals surface area (Å²) in [6.07, 6.45) is 1.76. The van der Waals surface area contributed by atoms with Crippen molar-refractivity contribution in [3.8, 4) is 10.4 Å². The molecule has 0 radical (unpaired) electrons. The van der Waals surface area contributed by atoms with E-state index in [1.807, 2.05) is 6.07 Å². The van der Waals surface area contributed by atoms with Gasteiger partial charge in [0.05, 0.1) is 9.90 Å². The Kier molecular flexibility index (Phi) is 4.42. The van der Waals surface area contributed by atoms with Gasteiger partial charge in [0, 0.05) is 22.5 Å². The molecule has 4 nitrogen and oxygen atoms in total. The molecule has 0 amide bonds. The van der Waals surface area contributed by atoms with Gasteiger partial charge in [0.15, 0.2) is 0 Å². The zero-order valence-corrected chi connectivity index (χ0v) is 13.7. The van der Waals surface area contributed by atoms with E-state index in [0.717, 1.165) is 15.4 Å². The molecule has 1 aliphatic rings. The number of nitrogens with one attached hydrogen (secondary N) is 1. The predicted octanol–water partition coefficient (Wildman–Crippen LogP) is 3.91. The monoisotopic (exact) mass is 360 g/mol. The normalized spacial score (nSPS) is 21.6. The lowest BCUT2D eigenvalue weighted by Crippen LogP contribution is -2.33. The molecule has 0 saturated carbocycles. The molecule has 3 rings (SSSR count). The van der Waals surface area contributed by atoms with Crippen molar-refractivity contribution in [2.24, 2.45) is 0 Å². The number of hydrogen-bond acceptors (Lipinski definition) is 5. The summed E-state index contributed by atoms with van der Waals surface area (Å²) in [6, 6.07) is 4.81. The molecule has 1 saturated heterocycles. The second-order valence-electron chi connectivity index (χ2n) is 4.46. The Bertz CT molecular complexity index is 693. The SMILES string of the molecule is O=C(O)C1CSC(c2ncc(-c3ccc(Cl)cc3Cl)s2)N1. The minimum absolute atomic E-state index is 0.0871. The third-order valence-corrected chi connectivity index (χ3v) is 6.04. The van der Waals surface area contributed by atoms with Crippen molar-refractivity contribution in [3.05, 3.63) is 39.4 Å². The van der Waals surface area contributed by atoms with Gasteiger partial charge >= 0.3 is 5.97 Å². The van der Waals surface area contributed by atoms with E-state index in [0.29, 0.717) is 15.8 Å². The molecule has 0 aliphatic carbocycles. The highest BCUT2D eigenvalue weighted by molar-refractivity contribution is 7.99. The number of aromatic nitrogens is 1. The van der Waals surface area contributed by atoms with E-state index >= 15 is 0 Å². The second-order valence-corrected chi connectivity index (χ2v) is 7.50. The van der Waals surface area contributed by atoms with Gasteiger partial charge < -0.3 is 5.11 Å². The van der Waals surface area contributed by atoms with E-state index in [4.69, 9.17) is 28.3 Å². The molecule has 2 heterocycles. The average Bonchev–Trinajstić information content (AvgIpc) is 3.07. The molecular formula is C13H10Cl2N2O2S2. The summed E-state index contributed by atoms with van der Waals surface area (Å²) in [5.74, 6) is -0.293. The number of nitrogens with zero attached hydrogens (tertiary/aromatic N) is 1. The summed E-state index contributed by atoms with van der Waals surface area (Å²) >= 11 is 15.1. The highest BCUT2D eigenvalue weighted by atomic mass is 35.5. The summed E-state index contributed by atoms with van der Waals surface area (Å²) in [6.45, 7) is 0. The molecule has 2 aromatic rings. The van der Waals surface area contributed by atoms with E-state index in [1.54, 1.807) is 30.1 Å². The third-order valence-electron chi connectivity index (χ3n) is 3.02. The molecule has 21 heavy (non-hydrogen) atoms. The van der Waals surface area contributed by atoms with Crippen molar-refractivity contribution >= 4 is 52.3 Å². The second kappa shape index (κ2) is 6.14. The van der Waals surface area contributed by atoms with Crippen LogP contribution in [0.5, 0.6) is 0 Å². The lowest BCUT2D eigenvalue weighted by atomic mass is 10.2. The van der Waals surface area contributed by atoms with Gasteiger partial charge in [-0.05, 0) is 12.1 Å². The summed E-state index contributed by atoms with van der Waals surface area (Å²) in [5.41, 5.74) is 0.877. The first-order chi connectivity index (χ1) is 10.0. The van der Waals surface area contributed by atoms with Crippen LogP contribution in [0.3, 0.4) is 0 Å². The van der Waals surface area contributed by atoms with Crippen LogP contribution in [0.4, 0.5) is 0 Å². The largest absolute Gasteiger partial charge is 0.480 e. The molecule has 2 N–H and O–H groups in total. The Morgan fingerprint density at radius 3 is 2.90 bits per heavy atom. The Hall–Kier alpha value is -0.790. The van der Waals surface area contributed by atoms with Gasteiger partial charge in [-0.3, -0.25) is 10.1 Å². The Morgan fingerprint density at radius 1 is 1.43 bits per heavy atom. The van der Waals surface area contributed by atoms with Crippen LogP contribution in [-0.4, -0.2) is 27.9 Å². The third kappa shape index (κ3) is 3.19. The van der Waals surface area contributed by atoms with Crippen molar-refractivity contribution in [1.29, 1.82) is 0 Å². The summed E-state index contributed by atoms with van der Waals surface area (Å²) in [7, 11) is 0. The number of rotatable bonds is 3. The van der Waals surface area contributed by atoms with Gasteiger partial charge in [-0.1, -0.05) is 29.3 Å². The molecule has 1 fully saturated rings. The van der Waals surface area contributed by atoms with E-state index in [2.05, 4.69) is 10.3 Å². The number of aliphatic carboxylic acids is 1. The van der Waals surface area contributed by atoms with Crippen molar-refractivity contribution < 1.29 is 9.90 Å². The fraction of sp³-hybridized carbons (Fsp3) is 0.231. The van der Waals surface area contributed by atoms with Gasteiger partial charge in [-0.2, -0.15) is 0 Å². The fourth-order valence-electron chi connectivity index (χ4n) is 1.98. The molecule has 8 heteroatoms. The Labute approximate surface area is 139 Å². The number of carboxylic acid groups (broad SMARTS) is 1. The van der Waals surface area contributed by atoms with Gasteiger partial charge in [0.1, 0.15) is 16.4 Å². The smallest absolute Gasteiger partial charge is 0.321 e. The Balaban J connectivity index is 1.82. The van der Waals surface area contributed by atoms with Crippen LogP contribution in [0, 0.1) is 0 Å². The van der Waals surface area contributed by atoms with Crippen LogP contribution < -0.4 is 5.32 Å². The molecule has 1 aromatic heterocycles. The number of carboxylic acids is 1. The molecular weight excluding hydrogens is 351 g/mol. The van der Waals surface area contributed by atoms with Crippen LogP contribution in [-0.2, 0) is 4.79 Å². The highest BCUT2D eigenvalue weighted by Crippen LogP contribution is 2.39. The first-order valence-corrected chi connectivity index (χ1v) is 8.68. The predicted molar refractivity (Wildman–Crippen MR) is 87.3 cm³/mol. The van der Waals surface area contributed by atoms with Crippen LogP contribution in [0.2, 0.25) is 10.0 Å². The van der Waals surface area contributed by atoms with E-state index in [9.17, 15) is 4.79 Å².